The van der Waals surface area contributed by atoms with Crippen LogP contribution in [0.3, 0.4) is 0 Å². The van der Waals surface area contributed by atoms with Crippen LogP contribution in [0.5, 0.6) is 0 Å². The molecule has 0 N–H and O–H groups in total. The summed E-state index contributed by atoms with van der Waals surface area (Å²) >= 11 is 2.53. The maximum Gasteiger partial charge on any atom is 0.238 e. The summed E-state index contributed by atoms with van der Waals surface area (Å²) in [5.74, 6) is -0.647. The van der Waals surface area contributed by atoms with Gasteiger partial charge in [0.1, 0.15) is 0 Å². The fraction of sp³-hybridized carbons (Fsp3) is 0. The third-order valence-corrected chi connectivity index (χ3v) is 3.87. The van der Waals surface area contributed by atoms with Crippen molar-refractivity contribution in [2.24, 2.45) is 0 Å². The van der Waals surface area contributed by atoms with E-state index in [1.807, 2.05) is 0 Å². The lowest BCUT2D eigenvalue weighted by Gasteiger charge is -2.03. The molecule has 0 unspecified atom stereocenters. The molecule has 2 aromatic rings. The van der Waals surface area contributed by atoms with Crippen molar-refractivity contribution in [3.05, 3.63) is 36.4 Å². The zero-order valence-electron chi connectivity index (χ0n) is 7.31. The van der Waals surface area contributed by atoms with E-state index in [9.17, 15) is 12.8 Å². The summed E-state index contributed by atoms with van der Waals surface area (Å²) in [7, 11) is -3.61. The van der Waals surface area contributed by atoms with Crippen molar-refractivity contribution >= 4 is 33.9 Å². The van der Waals surface area contributed by atoms with Crippen molar-refractivity contribution in [2.75, 3.05) is 0 Å². The van der Waals surface area contributed by atoms with Crippen molar-refractivity contribution in [1.29, 1.82) is 0 Å². The zero-order chi connectivity index (χ0) is 11.1. The van der Waals surface area contributed by atoms with Crippen LogP contribution < -0.4 is 0 Å². The Labute approximate surface area is 93.1 Å². The summed E-state index contributed by atoms with van der Waals surface area (Å²) in [5.41, 5.74) is 0. The molecule has 0 radical (unpaired) electrons. The molecule has 0 saturated heterocycles. The second-order valence-electron chi connectivity index (χ2n) is 2.91. The van der Waals surface area contributed by atoms with Crippen LogP contribution in [0.25, 0.3) is 10.8 Å². The Morgan fingerprint density at radius 3 is 2.67 bits per heavy atom. The molecule has 1 aromatic heterocycles. The van der Waals surface area contributed by atoms with E-state index in [0.717, 1.165) is 6.20 Å². The topological polar surface area (TPSA) is 47.0 Å². The van der Waals surface area contributed by atoms with Crippen LogP contribution in [0.1, 0.15) is 0 Å². The van der Waals surface area contributed by atoms with Gasteiger partial charge in [0.15, 0.2) is 5.82 Å². The van der Waals surface area contributed by atoms with Crippen LogP contribution in [0.4, 0.5) is 4.39 Å². The van der Waals surface area contributed by atoms with Crippen LogP contribution in [0.15, 0.2) is 35.5 Å². The first-order chi connectivity index (χ1) is 7.00. The Morgan fingerprint density at radius 2 is 2.00 bits per heavy atom. The molecular weight excluding hydrogens is 285 g/mol. The van der Waals surface area contributed by atoms with Gasteiger partial charge in [-0.1, -0.05) is 12.1 Å². The van der Waals surface area contributed by atoms with Crippen molar-refractivity contribution < 1.29 is 12.8 Å². The van der Waals surface area contributed by atoms with E-state index in [-0.39, 0.29) is 10.3 Å². The van der Waals surface area contributed by atoms with Crippen molar-refractivity contribution in [1.82, 2.24) is 4.98 Å². The SMILES string of the molecule is O=S(=O)(Br)c1cccc2cncc(F)c12. The maximum atomic E-state index is 13.4. The van der Waals surface area contributed by atoms with E-state index in [1.54, 1.807) is 6.07 Å². The molecule has 6 heteroatoms. The number of rotatable bonds is 1. The van der Waals surface area contributed by atoms with Crippen LogP contribution in [-0.4, -0.2) is 13.4 Å². The minimum Gasteiger partial charge on any atom is -0.261 e. The molecule has 1 aromatic carbocycles. The summed E-state index contributed by atoms with van der Waals surface area (Å²) < 4.78 is 36.1. The summed E-state index contributed by atoms with van der Waals surface area (Å²) in [6.07, 6.45) is 2.41. The first-order valence-electron chi connectivity index (χ1n) is 3.97. The number of fused-ring (bicyclic) bond motifs is 1. The lowest BCUT2D eigenvalue weighted by Crippen LogP contribution is -1.94. The Morgan fingerprint density at radius 1 is 1.27 bits per heavy atom. The summed E-state index contributed by atoms with van der Waals surface area (Å²) in [6.45, 7) is 0. The van der Waals surface area contributed by atoms with Gasteiger partial charge in [0, 0.05) is 17.0 Å². The predicted molar refractivity (Wildman–Crippen MR) is 57.8 cm³/mol. The van der Waals surface area contributed by atoms with Gasteiger partial charge in [-0.3, -0.25) is 4.98 Å². The zero-order valence-corrected chi connectivity index (χ0v) is 9.72. The minimum absolute atomic E-state index is 0.0596. The summed E-state index contributed by atoms with van der Waals surface area (Å²) in [6, 6.07) is 4.49. The van der Waals surface area contributed by atoms with Gasteiger partial charge in [-0.2, -0.15) is 0 Å². The molecule has 0 bridgehead atoms. The molecule has 0 aliphatic rings. The molecule has 0 amide bonds. The molecule has 15 heavy (non-hydrogen) atoms. The molecule has 0 spiro atoms. The Kier molecular flexibility index (Phi) is 2.47. The summed E-state index contributed by atoms with van der Waals surface area (Å²) in [5, 5.41) is 0.514. The fourth-order valence-corrected chi connectivity index (χ4v) is 2.87. The molecule has 0 fully saturated rings. The van der Waals surface area contributed by atoms with Gasteiger partial charge in [0.05, 0.1) is 25.9 Å². The number of hydrogen-bond acceptors (Lipinski definition) is 3. The van der Waals surface area contributed by atoms with Gasteiger partial charge in [-0.25, -0.2) is 12.8 Å². The van der Waals surface area contributed by atoms with Crippen molar-refractivity contribution in [3.8, 4) is 0 Å². The number of hydrogen-bond donors (Lipinski definition) is 0. The molecule has 78 valence electrons. The van der Waals surface area contributed by atoms with E-state index in [4.69, 9.17) is 0 Å². The molecule has 0 atom stereocenters. The second-order valence-corrected chi connectivity index (χ2v) is 6.79. The van der Waals surface area contributed by atoms with Crippen molar-refractivity contribution in [2.45, 2.75) is 4.90 Å². The molecule has 0 saturated carbocycles. The molecule has 3 nitrogen and oxygen atoms in total. The van der Waals surface area contributed by atoms with Crippen LogP contribution >= 0.6 is 14.8 Å². The first kappa shape index (κ1) is 10.5. The normalized spacial score (nSPS) is 11.9. The number of nitrogens with zero attached hydrogens (tertiary/aromatic N) is 1. The van der Waals surface area contributed by atoms with Gasteiger partial charge in [-0.05, 0) is 6.07 Å². The van der Waals surface area contributed by atoms with Crippen LogP contribution in [0.2, 0.25) is 0 Å². The molecule has 1 heterocycles. The largest absolute Gasteiger partial charge is 0.261 e. The average molecular weight is 290 g/mol. The average Bonchev–Trinajstić information content (AvgIpc) is 2.16. The van der Waals surface area contributed by atoms with Gasteiger partial charge < -0.3 is 0 Å². The Bertz CT molecular complexity index is 622. The van der Waals surface area contributed by atoms with Gasteiger partial charge >= 0.3 is 0 Å². The van der Waals surface area contributed by atoms with E-state index in [0.29, 0.717) is 5.39 Å². The van der Waals surface area contributed by atoms with E-state index in [2.05, 4.69) is 19.8 Å². The number of aromatic nitrogens is 1. The van der Waals surface area contributed by atoms with E-state index < -0.39 is 14.1 Å². The molecule has 0 aliphatic carbocycles. The van der Waals surface area contributed by atoms with Crippen molar-refractivity contribution in [3.63, 3.8) is 0 Å². The standard InChI is InChI=1S/C9H5BrFNO2S/c10-15(13,14)8-3-1-2-6-4-12-5-7(11)9(6)8/h1-5H. The highest BCUT2D eigenvalue weighted by Crippen LogP contribution is 2.27. The lowest BCUT2D eigenvalue weighted by atomic mass is 10.2. The van der Waals surface area contributed by atoms with Crippen LogP contribution in [0, 0.1) is 5.82 Å². The summed E-state index contributed by atoms with van der Waals surface area (Å²) in [4.78, 5) is 3.57. The molecule has 0 aliphatic heterocycles. The fourth-order valence-electron chi connectivity index (χ4n) is 1.36. The van der Waals surface area contributed by atoms with E-state index in [1.165, 1.54) is 18.3 Å². The highest BCUT2D eigenvalue weighted by atomic mass is 79.9. The maximum absolute atomic E-state index is 13.4. The van der Waals surface area contributed by atoms with Gasteiger partial charge in [-0.15, -0.1) is 0 Å². The Hall–Kier alpha value is -1.01. The first-order valence-corrected chi connectivity index (χ1v) is 7.29. The smallest absolute Gasteiger partial charge is 0.238 e. The predicted octanol–water partition coefficient (Wildman–Crippen LogP) is 2.46. The third-order valence-electron chi connectivity index (χ3n) is 1.96. The third kappa shape index (κ3) is 1.87. The molecule has 2 rings (SSSR count). The number of halogens is 2. The molecular formula is C9H5BrFNO2S. The number of benzene rings is 1. The van der Waals surface area contributed by atoms with E-state index >= 15 is 0 Å². The van der Waals surface area contributed by atoms with Crippen LogP contribution in [-0.2, 0) is 8.27 Å². The highest BCUT2D eigenvalue weighted by Gasteiger charge is 2.16. The Balaban J connectivity index is 2.99. The second kappa shape index (κ2) is 3.53. The van der Waals surface area contributed by atoms with Gasteiger partial charge in [0.25, 0.3) is 0 Å². The monoisotopic (exact) mass is 289 g/mol. The van der Waals surface area contributed by atoms with Gasteiger partial charge in [0.2, 0.25) is 8.27 Å². The highest BCUT2D eigenvalue weighted by molar-refractivity contribution is 9.47. The number of pyridine rings is 1. The minimum atomic E-state index is -3.61. The quantitative estimate of drug-likeness (QED) is 0.758. The lowest BCUT2D eigenvalue weighted by molar-refractivity contribution is 0.609.